The smallest absolute Gasteiger partial charge is 0.261 e. The van der Waals surface area contributed by atoms with Crippen LogP contribution in [0.4, 0.5) is 16.2 Å². The van der Waals surface area contributed by atoms with E-state index in [-0.39, 0.29) is 24.2 Å². The van der Waals surface area contributed by atoms with Crippen molar-refractivity contribution in [3.05, 3.63) is 67.0 Å². The van der Waals surface area contributed by atoms with Crippen LogP contribution in [0.2, 0.25) is 5.04 Å². The first-order valence-electron chi connectivity index (χ1n) is 18.4. The van der Waals surface area contributed by atoms with Gasteiger partial charge in [-0.3, -0.25) is 4.57 Å². The number of aromatic nitrogens is 4. The lowest BCUT2D eigenvalue weighted by atomic mass is 9.96. The molecule has 2 aromatic carbocycles. The Balaban J connectivity index is 1.32. The van der Waals surface area contributed by atoms with Gasteiger partial charge >= 0.3 is 0 Å². The third kappa shape index (κ3) is 7.09. The number of imidazole rings is 1. The molecule has 0 radical (unpaired) electrons. The fourth-order valence-corrected chi connectivity index (χ4v) is 12.4. The molecular weight excluding hydrogens is 684 g/mol. The molecule has 3 N–H and O–H groups in total. The lowest BCUT2D eigenvalue weighted by molar-refractivity contribution is -0.237. The Morgan fingerprint density at radius 1 is 0.942 bits per heavy atom. The predicted molar refractivity (Wildman–Crippen MR) is 199 cm³/mol. The Hall–Kier alpha value is -3.50. The van der Waals surface area contributed by atoms with Gasteiger partial charge in [0.25, 0.3) is 8.32 Å². The summed E-state index contributed by atoms with van der Waals surface area (Å²) in [7, 11) is -1.33. The van der Waals surface area contributed by atoms with Crippen molar-refractivity contribution in [2.45, 2.75) is 101 Å². The molecule has 3 fully saturated rings. The fourth-order valence-electron chi connectivity index (χ4n) is 7.87. The monoisotopic (exact) mass is 734 g/mol. The van der Waals surface area contributed by atoms with E-state index < -0.39 is 45.0 Å². The molecule has 4 aromatic rings. The van der Waals surface area contributed by atoms with Gasteiger partial charge in [-0.15, -0.1) is 0 Å². The van der Waals surface area contributed by atoms with Crippen LogP contribution in [-0.2, 0) is 28.1 Å². The molecule has 0 amide bonds. The molecule has 6 atom stereocenters. The maximum atomic E-state index is 18.6. The van der Waals surface area contributed by atoms with E-state index in [1.165, 1.54) is 6.33 Å². The molecule has 280 valence electrons. The van der Waals surface area contributed by atoms with Gasteiger partial charge in [0.15, 0.2) is 35.8 Å². The number of nitrogens with zero attached hydrogens (tertiary/aromatic N) is 4. The highest BCUT2D eigenvalue weighted by molar-refractivity contribution is 6.99. The second-order valence-electron chi connectivity index (χ2n) is 14.9. The lowest BCUT2D eigenvalue weighted by Crippen LogP contribution is -2.67. The number of ether oxygens (including phenoxy) is 5. The summed E-state index contributed by atoms with van der Waals surface area (Å²) in [6.07, 6.45) is 2.04. The maximum absolute atomic E-state index is 18.6. The van der Waals surface area contributed by atoms with Gasteiger partial charge in [0.05, 0.1) is 19.5 Å². The van der Waals surface area contributed by atoms with E-state index in [2.05, 4.69) is 65.3 Å². The average Bonchev–Trinajstić information content (AvgIpc) is 3.69. The lowest BCUT2D eigenvalue weighted by Gasteiger charge is -2.44. The number of halogens is 1. The Morgan fingerprint density at radius 3 is 2.15 bits per heavy atom. The van der Waals surface area contributed by atoms with Gasteiger partial charge in [-0.2, -0.15) is 9.97 Å². The summed E-state index contributed by atoms with van der Waals surface area (Å²) in [5.74, 6) is 0.438. The van der Waals surface area contributed by atoms with Crippen molar-refractivity contribution in [1.82, 2.24) is 19.5 Å². The molecule has 2 unspecified atom stereocenters. The SMILES string of the molecule is CNc1nc(N)nc2c1ncn2[C@@H]1O[C@H](CO[Si](c2ccccc2)(c2ccccc2)C(C)(C)C)[C@@H](OC2CCCCO2)[C@]1(F)COC1CCCCO1. The number of nitrogen functional groups attached to an aromatic ring is 1. The molecule has 3 aliphatic heterocycles. The van der Waals surface area contributed by atoms with Crippen LogP contribution in [-0.4, -0.2) is 91.8 Å². The molecule has 52 heavy (non-hydrogen) atoms. The van der Waals surface area contributed by atoms with Crippen LogP contribution in [0.15, 0.2) is 67.0 Å². The van der Waals surface area contributed by atoms with Crippen LogP contribution in [0.1, 0.15) is 65.5 Å². The van der Waals surface area contributed by atoms with Crippen molar-refractivity contribution < 1.29 is 32.5 Å². The van der Waals surface area contributed by atoms with Gasteiger partial charge < -0.3 is 39.2 Å². The molecule has 3 aliphatic rings. The van der Waals surface area contributed by atoms with Crippen molar-refractivity contribution in [2.24, 2.45) is 0 Å². The topological polar surface area (TPSA) is 137 Å². The number of nitrogens with one attached hydrogen (secondary N) is 1. The number of alkyl halides is 1. The molecule has 0 aliphatic carbocycles. The molecule has 5 heterocycles. The zero-order valence-electron chi connectivity index (χ0n) is 30.5. The van der Waals surface area contributed by atoms with Gasteiger partial charge in [0.1, 0.15) is 12.2 Å². The Labute approximate surface area is 305 Å². The number of hydrogen-bond donors (Lipinski definition) is 2. The van der Waals surface area contributed by atoms with E-state index in [4.69, 9.17) is 33.8 Å². The summed E-state index contributed by atoms with van der Waals surface area (Å²) in [6, 6.07) is 20.7. The summed E-state index contributed by atoms with van der Waals surface area (Å²) < 4.78 is 59.2. The zero-order valence-corrected chi connectivity index (χ0v) is 31.5. The second kappa shape index (κ2) is 15.5. The van der Waals surface area contributed by atoms with Crippen LogP contribution in [0.3, 0.4) is 0 Å². The number of benzene rings is 2. The molecule has 0 bridgehead atoms. The number of fused-ring (bicyclic) bond motifs is 1. The van der Waals surface area contributed by atoms with Crippen molar-refractivity contribution in [1.29, 1.82) is 0 Å². The molecular formula is C38H51FN6O6Si. The van der Waals surface area contributed by atoms with Crippen LogP contribution in [0.25, 0.3) is 11.2 Å². The Bertz CT molecular complexity index is 1730. The summed E-state index contributed by atoms with van der Waals surface area (Å²) >= 11 is 0. The Kier molecular flexibility index (Phi) is 11.0. The number of rotatable bonds is 12. The molecule has 12 nitrogen and oxygen atoms in total. The fraction of sp³-hybridized carbons (Fsp3) is 0.553. The number of hydrogen-bond acceptors (Lipinski definition) is 11. The normalized spacial score (nSPS) is 27.2. The molecule has 2 aromatic heterocycles. The van der Waals surface area contributed by atoms with E-state index in [0.29, 0.717) is 43.0 Å². The number of anilines is 2. The molecule has 0 spiro atoms. The van der Waals surface area contributed by atoms with E-state index in [0.717, 1.165) is 36.1 Å². The summed E-state index contributed by atoms with van der Waals surface area (Å²) in [5, 5.41) is 4.91. The highest BCUT2D eigenvalue weighted by Gasteiger charge is 2.62. The van der Waals surface area contributed by atoms with Crippen LogP contribution in [0.5, 0.6) is 0 Å². The largest absolute Gasteiger partial charge is 0.405 e. The third-order valence-corrected chi connectivity index (χ3v) is 15.4. The molecule has 7 rings (SSSR count). The average molecular weight is 735 g/mol. The summed E-state index contributed by atoms with van der Waals surface area (Å²) in [4.78, 5) is 13.3. The van der Waals surface area contributed by atoms with E-state index in [1.54, 1.807) is 11.6 Å². The maximum Gasteiger partial charge on any atom is 0.261 e. The minimum atomic E-state index is -3.05. The minimum absolute atomic E-state index is 0.0166. The highest BCUT2D eigenvalue weighted by atomic mass is 28.4. The summed E-state index contributed by atoms with van der Waals surface area (Å²) in [5.41, 5.74) is 4.63. The van der Waals surface area contributed by atoms with Crippen molar-refractivity contribution in [2.75, 3.05) is 44.5 Å². The van der Waals surface area contributed by atoms with E-state index in [9.17, 15) is 0 Å². The second-order valence-corrected chi connectivity index (χ2v) is 19.2. The number of nitrogens with two attached hydrogens (primary N) is 1. The van der Waals surface area contributed by atoms with Crippen molar-refractivity contribution in [3.63, 3.8) is 0 Å². The zero-order chi connectivity index (χ0) is 36.3. The van der Waals surface area contributed by atoms with Crippen molar-refractivity contribution >= 4 is 41.6 Å². The molecule has 0 saturated carbocycles. The highest BCUT2D eigenvalue weighted by Crippen LogP contribution is 2.47. The van der Waals surface area contributed by atoms with Gasteiger partial charge in [-0.05, 0) is 53.9 Å². The standard InChI is InChI=1S/C38H51FN6O6Si/c1-37(2,3)52(26-15-7-5-8-16-26,27-17-9-6-10-18-27)49-23-28-32(51-30-20-12-14-22-47-30)38(39,24-48-29-19-11-13-21-46-29)35(50-28)45-25-42-31-33(41-4)43-36(40)44-34(31)45/h5-10,15-18,25,28-30,32,35H,11-14,19-24H2,1-4H3,(H3,40,41,43,44)/t28-,29?,30?,32-,35-,38-/m1/s1. The van der Waals surface area contributed by atoms with Crippen molar-refractivity contribution in [3.8, 4) is 0 Å². The van der Waals surface area contributed by atoms with Crippen LogP contribution < -0.4 is 21.4 Å². The molecule has 14 heteroatoms. The van der Waals surface area contributed by atoms with Gasteiger partial charge in [-0.1, -0.05) is 81.4 Å². The molecule has 3 saturated heterocycles. The first kappa shape index (κ1) is 36.8. The summed E-state index contributed by atoms with van der Waals surface area (Å²) in [6.45, 7) is 7.39. The van der Waals surface area contributed by atoms with Gasteiger partial charge in [0.2, 0.25) is 11.6 Å². The Morgan fingerprint density at radius 2 is 1.58 bits per heavy atom. The quantitative estimate of drug-likeness (QED) is 0.189. The van der Waals surface area contributed by atoms with Crippen LogP contribution >= 0.6 is 0 Å². The van der Waals surface area contributed by atoms with Gasteiger partial charge in [0, 0.05) is 20.3 Å². The van der Waals surface area contributed by atoms with Crippen LogP contribution in [0, 0.1) is 0 Å². The van der Waals surface area contributed by atoms with E-state index in [1.807, 2.05) is 36.4 Å². The first-order chi connectivity index (χ1) is 25.1. The first-order valence-corrected chi connectivity index (χ1v) is 20.3. The predicted octanol–water partition coefficient (Wildman–Crippen LogP) is 5.09. The van der Waals surface area contributed by atoms with E-state index >= 15 is 4.39 Å². The van der Waals surface area contributed by atoms with Gasteiger partial charge in [-0.25, -0.2) is 9.37 Å². The third-order valence-electron chi connectivity index (χ3n) is 10.4. The minimum Gasteiger partial charge on any atom is -0.405 e.